The monoisotopic (exact) mass is 466 g/mol. The van der Waals surface area contributed by atoms with Crippen molar-refractivity contribution in [3.05, 3.63) is 69.8 Å². The SMILES string of the molecule is CCS(=O)(=O)Nc1ccc(C2=NN(S(=O)(=O)CC)[C@H](c3cccc([N+](=O)[O-])c3)C2)cc1. The van der Waals surface area contributed by atoms with Gasteiger partial charge in [-0.25, -0.2) is 16.8 Å². The van der Waals surface area contributed by atoms with Gasteiger partial charge in [-0.1, -0.05) is 24.3 Å². The van der Waals surface area contributed by atoms with Crippen molar-refractivity contribution in [3.63, 3.8) is 0 Å². The van der Waals surface area contributed by atoms with E-state index in [2.05, 4.69) is 9.82 Å². The van der Waals surface area contributed by atoms with Crippen LogP contribution in [0.3, 0.4) is 0 Å². The number of nitro benzene ring substituents is 1. The normalized spacial score (nSPS) is 16.8. The van der Waals surface area contributed by atoms with Crippen molar-refractivity contribution in [2.45, 2.75) is 26.3 Å². The minimum absolute atomic E-state index is 0.0593. The fraction of sp³-hybridized carbons (Fsp3) is 0.316. The van der Waals surface area contributed by atoms with E-state index in [-0.39, 0.29) is 23.6 Å². The highest BCUT2D eigenvalue weighted by molar-refractivity contribution is 7.92. The van der Waals surface area contributed by atoms with Crippen LogP contribution in [0.4, 0.5) is 11.4 Å². The molecule has 2 aromatic rings. The largest absolute Gasteiger partial charge is 0.284 e. The summed E-state index contributed by atoms with van der Waals surface area (Å²) in [6.45, 7) is 3.03. The second kappa shape index (κ2) is 8.63. The Morgan fingerprint density at radius 2 is 1.77 bits per heavy atom. The number of nitro groups is 1. The summed E-state index contributed by atoms with van der Waals surface area (Å²) in [5.74, 6) is -0.233. The molecule has 1 atom stereocenters. The second-order valence-corrected chi connectivity index (χ2v) is 11.0. The van der Waals surface area contributed by atoms with Gasteiger partial charge in [-0.3, -0.25) is 14.8 Å². The standard InChI is InChI=1S/C19H22N4O6S2/c1-3-30(26,27)21-16-10-8-14(9-11-16)18-13-19(22(20-18)31(28,29)4-2)15-6-5-7-17(12-15)23(24)25/h5-12,19,21H,3-4,13H2,1-2H3/t19-/m0/s1. The Labute approximate surface area is 180 Å². The van der Waals surface area contributed by atoms with E-state index >= 15 is 0 Å². The highest BCUT2D eigenvalue weighted by Crippen LogP contribution is 2.36. The van der Waals surface area contributed by atoms with Gasteiger partial charge in [0.2, 0.25) is 20.0 Å². The number of nitrogens with zero attached hydrogens (tertiary/aromatic N) is 3. The van der Waals surface area contributed by atoms with Gasteiger partial charge in [-0.05, 0) is 37.1 Å². The molecule has 0 saturated carbocycles. The first-order valence-corrected chi connectivity index (χ1v) is 12.8. The molecule has 1 aliphatic rings. The van der Waals surface area contributed by atoms with Crippen LogP contribution in [0.15, 0.2) is 53.6 Å². The van der Waals surface area contributed by atoms with Gasteiger partial charge >= 0.3 is 0 Å². The van der Waals surface area contributed by atoms with Crippen LogP contribution < -0.4 is 4.72 Å². The summed E-state index contributed by atoms with van der Waals surface area (Å²) in [5, 5.41) is 15.4. The Morgan fingerprint density at radius 1 is 1.10 bits per heavy atom. The zero-order chi connectivity index (χ0) is 22.8. The molecule has 0 fully saturated rings. The van der Waals surface area contributed by atoms with Crippen molar-refractivity contribution in [2.24, 2.45) is 5.10 Å². The van der Waals surface area contributed by atoms with Gasteiger partial charge in [0.25, 0.3) is 5.69 Å². The zero-order valence-corrected chi connectivity index (χ0v) is 18.6. The van der Waals surface area contributed by atoms with E-state index in [9.17, 15) is 26.9 Å². The Balaban J connectivity index is 1.95. The minimum atomic E-state index is -3.72. The fourth-order valence-electron chi connectivity index (χ4n) is 3.13. The molecular weight excluding hydrogens is 444 g/mol. The highest BCUT2D eigenvalue weighted by atomic mass is 32.2. The molecule has 0 aromatic heterocycles. The van der Waals surface area contributed by atoms with E-state index in [4.69, 9.17) is 0 Å². The number of benzene rings is 2. The van der Waals surface area contributed by atoms with E-state index < -0.39 is 31.0 Å². The lowest BCUT2D eigenvalue weighted by atomic mass is 9.99. The summed E-state index contributed by atoms with van der Waals surface area (Å²) in [6.07, 6.45) is 0.223. The van der Waals surface area contributed by atoms with Crippen molar-refractivity contribution >= 4 is 37.1 Å². The van der Waals surface area contributed by atoms with Crippen LogP contribution in [0, 0.1) is 10.1 Å². The number of nitrogens with one attached hydrogen (secondary N) is 1. The molecule has 0 unspecified atom stereocenters. The number of non-ortho nitro benzene ring substituents is 1. The number of hydrazone groups is 1. The molecule has 12 heteroatoms. The molecule has 0 spiro atoms. The number of sulfonamides is 2. The van der Waals surface area contributed by atoms with Crippen LogP contribution in [0.25, 0.3) is 0 Å². The Bertz CT molecular complexity index is 1220. The molecule has 31 heavy (non-hydrogen) atoms. The quantitative estimate of drug-likeness (QED) is 0.469. The van der Waals surface area contributed by atoms with E-state index in [0.717, 1.165) is 4.41 Å². The van der Waals surface area contributed by atoms with Gasteiger partial charge in [0, 0.05) is 24.2 Å². The summed E-state index contributed by atoms with van der Waals surface area (Å²) in [4.78, 5) is 10.6. The first-order chi connectivity index (χ1) is 14.6. The van der Waals surface area contributed by atoms with Crippen molar-refractivity contribution in [2.75, 3.05) is 16.2 Å². The number of hydrogen-bond donors (Lipinski definition) is 1. The highest BCUT2D eigenvalue weighted by Gasteiger charge is 2.36. The molecule has 1 N–H and O–H groups in total. The molecule has 0 saturated heterocycles. The molecule has 166 valence electrons. The van der Waals surface area contributed by atoms with E-state index in [1.54, 1.807) is 30.3 Å². The third-order valence-corrected chi connectivity index (χ3v) is 7.80. The van der Waals surface area contributed by atoms with Gasteiger partial charge in [0.05, 0.1) is 28.2 Å². The number of hydrogen-bond acceptors (Lipinski definition) is 7. The van der Waals surface area contributed by atoms with E-state index in [1.807, 2.05) is 0 Å². The summed E-state index contributed by atoms with van der Waals surface area (Å²) >= 11 is 0. The maximum absolute atomic E-state index is 12.6. The molecular formula is C19H22N4O6S2. The van der Waals surface area contributed by atoms with Crippen LogP contribution in [0.2, 0.25) is 0 Å². The Hall–Kier alpha value is -2.99. The molecule has 0 aliphatic carbocycles. The van der Waals surface area contributed by atoms with E-state index in [0.29, 0.717) is 22.5 Å². The van der Waals surface area contributed by atoms with Gasteiger partial charge in [0.15, 0.2) is 0 Å². The minimum Gasteiger partial charge on any atom is -0.284 e. The van der Waals surface area contributed by atoms with Crippen LogP contribution >= 0.6 is 0 Å². The lowest BCUT2D eigenvalue weighted by molar-refractivity contribution is -0.384. The molecule has 2 aromatic carbocycles. The smallest absolute Gasteiger partial charge is 0.269 e. The number of anilines is 1. The molecule has 0 radical (unpaired) electrons. The third-order valence-electron chi connectivity index (χ3n) is 4.86. The first kappa shape index (κ1) is 22.7. The predicted octanol–water partition coefficient (Wildman–Crippen LogP) is 2.86. The lowest BCUT2D eigenvalue weighted by Crippen LogP contribution is -2.28. The average Bonchev–Trinajstić information content (AvgIpc) is 3.20. The first-order valence-electron chi connectivity index (χ1n) is 9.51. The third kappa shape index (κ3) is 5.02. The van der Waals surface area contributed by atoms with Crippen LogP contribution in [0.1, 0.15) is 37.4 Å². The van der Waals surface area contributed by atoms with Crippen LogP contribution in [-0.2, 0) is 20.0 Å². The molecule has 1 heterocycles. The van der Waals surface area contributed by atoms with Gasteiger partial charge in [-0.2, -0.15) is 9.52 Å². The van der Waals surface area contributed by atoms with Crippen molar-refractivity contribution in [1.29, 1.82) is 0 Å². The topological polar surface area (TPSA) is 139 Å². The molecule has 1 aliphatic heterocycles. The maximum atomic E-state index is 12.6. The molecule has 0 bridgehead atoms. The summed E-state index contributed by atoms with van der Waals surface area (Å²) < 4.78 is 52.1. The molecule has 0 amide bonds. The zero-order valence-electron chi connectivity index (χ0n) is 16.9. The summed E-state index contributed by atoms with van der Waals surface area (Å²) in [5.41, 5.74) is 1.84. The lowest BCUT2D eigenvalue weighted by Gasteiger charge is -2.22. The molecule has 3 rings (SSSR count). The van der Waals surface area contributed by atoms with Gasteiger partial charge in [0.1, 0.15) is 0 Å². The fourth-order valence-corrected chi connectivity index (χ4v) is 4.84. The van der Waals surface area contributed by atoms with Crippen LogP contribution in [0.5, 0.6) is 0 Å². The van der Waals surface area contributed by atoms with Gasteiger partial charge < -0.3 is 0 Å². The Kier molecular flexibility index (Phi) is 6.32. The van der Waals surface area contributed by atoms with Crippen molar-refractivity contribution < 1.29 is 21.8 Å². The summed E-state index contributed by atoms with van der Waals surface area (Å²) in [6, 6.07) is 11.6. The Morgan fingerprint density at radius 3 is 2.35 bits per heavy atom. The van der Waals surface area contributed by atoms with Crippen LogP contribution in [-0.4, -0.2) is 43.4 Å². The van der Waals surface area contributed by atoms with Gasteiger partial charge in [-0.15, -0.1) is 0 Å². The average molecular weight is 467 g/mol. The predicted molar refractivity (Wildman–Crippen MR) is 118 cm³/mol. The second-order valence-electron chi connectivity index (χ2n) is 6.87. The molecule has 10 nitrogen and oxygen atoms in total. The maximum Gasteiger partial charge on any atom is 0.269 e. The van der Waals surface area contributed by atoms with E-state index in [1.165, 1.54) is 32.0 Å². The number of rotatable bonds is 8. The summed E-state index contributed by atoms with van der Waals surface area (Å²) in [7, 11) is -7.14. The van der Waals surface area contributed by atoms with Crippen molar-refractivity contribution in [1.82, 2.24) is 4.41 Å². The van der Waals surface area contributed by atoms with Crippen molar-refractivity contribution in [3.8, 4) is 0 Å².